The molecule has 0 radical (unpaired) electrons. The Kier molecular flexibility index (Phi) is 8.15. The van der Waals surface area contributed by atoms with Gasteiger partial charge in [-0.1, -0.05) is 25.5 Å². The fourth-order valence-corrected chi connectivity index (χ4v) is 2.38. The van der Waals surface area contributed by atoms with E-state index in [0.717, 1.165) is 12.8 Å². The first-order chi connectivity index (χ1) is 14.5. The van der Waals surface area contributed by atoms with E-state index < -0.39 is 17.8 Å². The van der Waals surface area contributed by atoms with Crippen LogP contribution in [0.3, 0.4) is 0 Å². The Morgan fingerprint density at radius 3 is 2.47 bits per heavy atom. The molecule has 8 nitrogen and oxygen atoms in total. The summed E-state index contributed by atoms with van der Waals surface area (Å²) in [4.78, 5) is 35.8. The van der Waals surface area contributed by atoms with Crippen molar-refractivity contribution in [2.75, 3.05) is 17.2 Å². The third-order valence-electron chi connectivity index (χ3n) is 4.04. The van der Waals surface area contributed by atoms with E-state index in [0.29, 0.717) is 17.9 Å². The Balaban J connectivity index is 2.10. The number of nitrogens with zero attached hydrogens (tertiary/aromatic N) is 1. The number of unbranched alkanes of at least 4 members (excludes halogenated alkanes) is 1. The van der Waals surface area contributed by atoms with Crippen molar-refractivity contribution in [3.8, 4) is 6.07 Å². The third kappa shape index (κ3) is 6.21. The average Bonchev–Trinajstić information content (AvgIpc) is 2.75. The molecule has 2 aromatic carbocycles. The molecule has 0 aliphatic heterocycles. The van der Waals surface area contributed by atoms with Crippen molar-refractivity contribution in [3.63, 3.8) is 0 Å². The van der Waals surface area contributed by atoms with Crippen LogP contribution >= 0.6 is 0 Å². The Labute approximate surface area is 174 Å². The SMILES string of the molecule is CCCCOC(=O)c1ccccc1NC(=O)/C(C#N)=C\Nc1ccc(C(N)=O)cc1. The van der Waals surface area contributed by atoms with Crippen LogP contribution in [0, 0.1) is 11.3 Å². The zero-order valence-corrected chi connectivity index (χ0v) is 16.5. The molecule has 2 aromatic rings. The minimum Gasteiger partial charge on any atom is -0.462 e. The van der Waals surface area contributed by atoms with E-state index in [1.165, 1.54) is 24.4 Å². The molecular weight excluding hydrogens is 384 g/mol. The monoisotopic (exact) mass is 406 g/mol. The quantitative estimate of drug-likeness (QED) is 0.253. The zero-order chi connectivity index (χ0) is 21.9. The number of esters is 1. The Hall–Kier alpha value is -4.12. The second-order valence-corrected chi connectivity index (χ2v) is 6.24. The molecule has 0 heterocycles. The highest BCUT2D eigenvalue weighted by Gasteiger charge is 2.16. The largest absolute Gasteiger partial charge is 0.462 e. The molecule has 0 unspecified atom stereocenters. The van der Waals surface area contributed by atoms with E-state index in [1.54, 1.807) is 30.3 Å². The number of carbonyl (C=O) groups is 3. The van der Waals surface area contributed by atoms with Crippen molar-refractivity contribution in [3.05, 3.63) is 71.4 Å². The normalized spacial score (nSPS) is 10.6. The van der Waals surface area contributed by atoms with E-state index >= 15 is 0 Å². The van der Waals surface area contributed by atoms with Crippen molar-refractivity contribution in [2.24, 2.45) is 5.73 Å². The molecule has 2 rings (SSSR count). The summed E-state index contributed by atoms with van der Waals surface area (Å²) < 4.78 is 5.19. The third-order valence-corrected chi connectivity index (χ3v) is 4.04. The second-order valence-electron chi connectivity index (χ2n) is 6.24. The minimum atomic E-state index is -0.687. The summed E-state index contributed by atoms with van der Waals surface area (Å²) in [7, 11) is 0. The summed E-state index contributed by atoms with van der Waals surface area (Å²) in [6.07, 6.45) is 2.87. The van der Waals surface area contributed by atoms with E-state index in [-0.39, 0.29) is 16.8 Å². The van der Waals surface area contributed by atoms with Gasteiger partial charge >= 0.3 is 5.97 Å². The fourth-order valence-electron chi connectivity index (χ4n) is 2.38. The Morgan fingerprint density at radius 1 is 1.13 bits per heavy atom. The standard InChI is InChI=1S/C22H22N4O4/c1-2-3-12-30-22(29)18-6-4-5-7-19(18)26-21(28)16(13-23)14-25-17-10-8-15(9-11-17)20(24)27/h4-11,14,25H,2-3,12H2,1H3,(H2,24,27)(H,26,28)/b16-14-. The molecule has 30 heavy (non-hydrogen) atoms. The smallest absolute Gasteiger partial charge is 0.340 e. The maximum atomic E-state index is 12.5. The van der Waals surface area contributed by atoms with Crippen molar-refractivity contribution >= 4 is 29.2 Å². The van der Waals surface area contributed by atoms with Gasteiger partial charge in [-0.25, -0.2) is 4.79 Å². The summed E-state index contributed by atoms with van der Waals surface area (Å²) in [5, 5.41) is 14.7. The number of carbonyl (C=O) groups excluding carboxylic acids is 3. The molecule has 8 heteroatoms. The van der Waals surface area contributed by atoms with Crippen LogP contribution in [0.1, 0.15) is 40.5 Å². The van der Waals surface area contributed by atoms with Gasteiger partial charge in [0.1, 0.15) is 11.6 Å². The van der Waals surface area contributed by atoms with Gasteiger partial charge in [0.2, 0.25) is 5.91 Å². The number of rotatable bonds is 9. The van der Waals surface area contributed by atoms with Crippen LogP contribution in [0.4, 0.5) is 11.4 Å². The summed E-state index contributed by atoms with van der Waals surface area (Å²) in [5.41, 5.74) is 6.33. The minimum absolute atomic E-state index is 0.203. The van der Waals surface area contributed by atoms with E-state index in [9.17, 15) is 19.6 Å². The van der Waals surface area contributed by atoms with E-state index in [2.05, 4.69) is 10.6 Å². The predicted molar refractivity (Wildman–Crippen MR) is 113 cm³/mol. The average molecular weight is 406 g/mol. The molecule has 0 aliphatic carbocycles. The highest BCUT2D eigenvalue weighted by atomic mass is 16.5. The van der Waals surface area contributed by atoms with Gasteiger partial charge in [-0.2, -0.15) is 5.26 Å². The summed E-state index contributed by atoms with van der Waals surface area (Å²) in [6, 6.07) is 14.4. The zero-order valence-electron chi connectivity index (χ0n) is 16.5. The van der Waals surface area contributed by atoms with Gasteiger partial charge in [0.25, 0.3) is 5.91 Å². The summed E-state index contributed by atoms with van der Waals surface area (Å²) in [6.45, 7) is 2.28. The van der Waals surface area contributed by atoms with Gasteiger partial charge in [0.15, 0.2) is 0 Å². The van der Waals surface area contributed by atoms with Crippen molar-refractivity contribution in [2.45, 2.75) is 19.8 Å². The topological polar surface area (TPSA) is 134 Å². The first-order valence-corrected chi connectivity index (χ1v) is 9.30. The number of hydrogen-bond donors (Lipinski definition) is 3. The Morgan fingerprint density at radius 2 is 1.83 bits per heavy atom. The lowest BCUT2D eigenvalue weighted by Crippen LogP contribution is -2.18. The van der Waals surface area contributed by atoms with E-state index in [4.69, 9.17) is 10.5 Å². The van der Waals surface area contributed by atoms with Crippen LogP contribution in [0.15, 0.2) is 60.3 Å². The number of anilines is 2. The van der Waals surface area contributed by atoms with Crippen LogP contribution in [-0.2, 0) is 9.53 Å². The summed E-state index contributed by atoms with van der Waals surface area (Å²) in [5.74, 6) is -1.79. The molecular formula is C22H22N4O4. The van der Waals surface area contributed by atoms with Crippen LogP contribution in [0.2, 0.25) is 0 Å². The Bertz CT molecular complexity index is 991. The summed E-state index contributed by atoms with van der Waals surface area (Å²) >= 11 is 0. The first kappa shape index (κ1) is 22.2. The van der Waals surface area contributed by atoms with Crippen LogP contribution in [0.25, 0.3) is 0 Å². The van der Waals surface area contributed by atoms with Crippen molar-refractivity contribution < 1.29 is 19.1 Å². The first-order valence-electron chi connectivity index (χ1n) is 9.30. The van der Waals surface area contributed by atoms with Crippen molar-refractivity contribution in [1.82, 2.24) is 0 Å². The highest BCUT2D eigenvalue weighted by Crippen LogP contribution is 2.18. The van der Waals surface area contributed by atoms with Gasteiger partial charge in [0, 0.05) is 17.5 Å². The van der Waals surface area contributed by atoms with Crippen LogP contribution in [0.5, 0.6) is 0 Å². The van der Waals surface area contributed by atoms with Gasteiger partial charge in [0.05, 0.1) is 17.9 Å². The molecule has 0 fully saturated rings. The number of primary amides is 1. The number of nitriles is 1. The molecule has 4 N–H and O–H groups in total. The molecule has 0 saturated carbocycles. The molecule has 0 saturated heterocycles. The molecule has 0 aromatic heterocycles. The number of amides is 2. The van der Waals surface area contributed by atoms with Gasteiger partial charge in [-0.3, -0.25) is 9.59 Å². The number of benzene rings is 2. The molecule has 0 aliphatic rings. The lowest BCUT2D eigenvalue weighted by atomic mass is 10.1. The molecule has 0 atom stereocenters. The molecule has 0 bridgehead atoms. The molecule has 154 valence electrons. The second kappa shape index (κ2) is 11.0. The van der Waals surface area contributed by atoms with Gasteiger partial charge in [-0.05, 0) is 42.8 Å². The lowest BCUT2D eigenvalue weighted by molar-refractivity contribution is -0.112. The maximum Gasteiger partial charge on any atom is 0.340 e. The van der Waals surface area contributed by atoms with Crippen molar-refractivity contribution in [1.29, 1.82) is 5.26 Å². The maximum absolute atomic E-state index is 12.5. The number of nitrogens with two attached hydrogens (primary N) is 1. The van der Waals surface area contributed by atoms with Crippen LogP contribution in [-0.4, -0.2) is 24.4 Å². The van der Waals surface area contributed by atoms with Gasteiger partial charge < -0.3 is 21.1 Å². The van der Waals surface area contributed by atoms with Gasteiger partial charge in [-0.15, -0.1) is 0 Å². The molecule has 2 amide bonds. The molecule has 0 spiro atoms. The lowest BCUT2D eigenvalue weighted by Gasteiger charge is -2.10. The number of para-hydroxylation sites is 1. The highest BCUT2D eigenvalue weighted by molar-refractivity contribution is 6.09. The number of ether oxygens (including phenoxy) is 1. The number of nitrogens with one attached hydrogen (secondary N) is 2. The van der Waals surface area contributed by atoms with E-state index in [1.807, 2.05) is 13.0 Å². The van der Waals surface area contributed by atoms with Crippen LogP contribution < -0.4 is 16.4 Å². The number of hydrogen-bond acceptors (Lipinski definition) is 6. The predicted octanol–water partition coefficient (Wildman–Crippen LogP) is 3.20. The fraction of sp³-hybridized carbons (Fsp3) is 0.182.